The number of nitrogens with zero attached hydrogens (tertiary/aromatic N) is 3. The normalized spacial score (nSPS) is 17.3. The van der Waals surface area contributed by atoms with Gasteiger partial charge in [-0.25, -0.2) is 4.98 Å². The van der Waals surface area contributed by atoms with E-state index in [1.54, 1.807) is 0 Å². The molecule has 2 N–H and O–H groups in total. The molecule has 0 radical (unpaired) electrons. The molecule has 3 aromatic carbocycles. The standard InChI is InChI=1S/C31H33Cl2N5O/c1-38(2)29-26-5-3-4-6-27(26)36-31(37-29)35-25-17-7-20(8-18-25)19-34-30(39)28(21-9-13-23(32)14-10-21)22-11-15-24(33)16-12-22/h3-6,9-16,20,25,28H,7-8,17-19H2,1-2H3,(H,34,39)(H,35,36,37)/t20-,25+. The van der Waals surface area contributed by atoms with Crippen molar-refractivity contribution in [3.8, 4) is 0 Å². The highest BCUT2D eigenvalue weighted by Gasteiger charge is 2.26. The van der Waals surface area contributed by atoms with Gasteiger partial charge in [0, 0.05) is 42.1 Å². The highest BCUT2D eigenvalue weighted by molar-refractivity contribution is 6.30. The summed E-state index contributed by atoms with van der Waals surface area (Å²) in [6, 6.07) is 23.3. The van der Waals surface area contributed by atoms with E-state index in [1.165, 1.54) is 0 Å². The first-order chi connectivity index (χ1) is 18.9. The summed E-state index contributed by atoms with van der Waals surface area (Å²) in [7, 11) is 4.00. The first-order valence-electron chi connectivity index (χ1n) is 13.4. The minimum atomic E-state index is -0.423. The Morgan fingerprint density at radius 2 is 1.46 bits per heavy atom. The summed E-state index contributed by atoms with van der Waals surface area (Å²) in [5.41, 5.74) is 2.74. The number of carbonyl (C=O) groups is 1. The predicted octanol–water partition coefficient (Wildman–Crippen LogP) is 6.92. The molecule has 1 aliphatic carbocycles. The van der Waals surface area contributed by atoms with Gasteiger partial charge in [-0.3, -0.25) is 4.79 Å². The second-order valence-corrected chi connectivity index (χ2v) is 11.3. The molecule has 0 spiro atoms. The number of anilines is 2. The zero-order valence-corrected chi connectivity index (χ0v) is 23.7. The lowest BCUT2D eigenvalue weighted by atomic mass is 9.85. The maximum absolute atomic E-state index is 13.4. The monoisotopic (exact) mass is 561 g/mol. The molecule has 0 aliphatic heterocycles. The molecular formula is C31H33Cl2N5O. The average Bonchev–Trinajstić information content (AvgIpc) is 2.94. The van der Waals surface area contributed by atoms with Crippen molar-refractivity contribution in [2.45, 2.75) is 37.6 Å². The lowest BCUT2D eigenvalue weighted by Gasteiger charge is -2.30. The Bertz CT molecular complexity index is 1370. The zero-order chi connectivity index (χ0) is 27.4. The Morgan fingerprint density at radius 3 is 2.05 bits per heavy atom. The zero-order valence-electron chi connectivity index (χ0n) is 22.2. The molecule has 0 saturated heterocycles. The number of hydrogen-bond acceptors (Lipinski definition) is 5. The minimum Gasteiger partial charge on any atom is -0.362 e. The molecule has 0 atom stereocenters. The highest BCUT2D eigenvalue weighted by atomic mass is 35.5. The third-order valence-corrected chi connectivity index (χ3v) is 7.92. The number of fused-ring (bicyclic) bond motifs is 1. The van der Waals surface area contributed by atoms with Crippen molar-refractivity contribution in [3.05, 3.63) is 94.0 Å². The number of hydrogen-bond donors (Lipinski definition) is 2. The van der Waals surface area contributed by atoms with Crippen molar-refractivity contribution in [2.24, 2.45) is 5.92 Å². The third-order valence-electron chi connectivity index (χ3n) is 7.42. The van der Waals surface area contributed by atoms with E-state index in [0.29, 0.717) is 34.5 Å². The molecule has 0 bridgehead atoms. The number of aromatic nitrogens is 2. The fourth-order valence-electron chi connectivity index (χ4n) is 5.31. The van der Waals surface area contributed by atoms with E-state index in [-0.39, 0.29) is 5.91 Å². The molecule has 1 amide bonds. The van der Waals surface area contributed by atoms with Crippen LogP contribution in [0, 0.1) is 5.92 Å². The van der Waals surface area contributed by atoms with E-state index >= 15 is 0 Å². The summed E-state index contributed by atoms with van der Waals surface area (Å²) in [6.07, 6.45) is 4.06. The summed E-state index contributed by atoms with van der Waals surface area (Å²) in [4.78, 5) is 25.0. The first kappa shape index (κ1) is 27.2. The van der Waals surface area contributed by atoms with Gasteiger partial charge in [0.15, 0.2) is 0 Å². The summed E-state index contributed by atoms with van der Waals surface area (Å²) in [5.74, 6) is 1.57. The van der Waals surface area contributed by atoms with E-state index in [4.69, 9.17) is 33.2 Å². The topological polar surface area (TPSA) is 70.2 Å². The number of carbonyl (C=O) groups excluding carboxylic acids is 1. The van der Waals surface area contributed by atoms with E-state index < -0.39 is 5.92 Å². The van der Waals surface area contributed by atoms with Crippen LogP contribution in [-0.4, -0.2) is 42.6 Å². The van der Waals surface area contributed by atoms with Gasteiger partial charge in [0.1, 0.15) is 5.82 Å². The molecule has 39 heavy (non-hydrogen) atoms. The highest BCUT2D eigenvalue weighted by Crippen LogP contribution is 2.30. The fraction of sp³-hybridized carbons (Fsp3) is 0.323. The number of halogens is 2. The van der Waals surface area contributed by atoms with Crippen LogP contribution in [0.4, 0.5) is 11.8 Å². The van der Waals surface area contributed by atoms with Gasteiger partial charge in [-0.05, 0) is 79.1 Å². The summed E-state index contributed by atoms with van der Waals surface area (Å²) < 4.78 is 0. The van der Waals surface area contributed by atoms with Crippen molar-refractivity contribution in [2.75, 3.05) is 30.9 Å². The number of amides is 1. The predicted molar refractivity (Wildman–Crippen MR) is 161 cm³/mol. The molecular weight excluding hydrogens is 529 g/mol. The summed E-state index contributed by atoms with van der Waals surface area (Å²) >= 11 is 12.2. The Kier molecular flexibility index (Phi) is 8.53. The summed E-state index contributed by atoms with van der Waals surface area (Å²) in [6.45, 7) is 0.653. The maximum atomic E-state index is 13.4. The number of nitrogens with one attached hydrogen (secondary N) is 2. The molecule has 6 nitrogen and oxygen atoms in total. The molecule has 5 rings (SSSR count). The Balaban J connectivity index is 1.19. The Hall–Kier alpha value is -3.35. The van der Waals surface area contributed by atoms with Gasteiger partial charge in [-0.1, -0.05) is 59.6 Å². The SMILES string of the molecule is CN(C)c1nc(N[C@H]2CC[C@@H](CNC(=O)C(c3ccc(Cl)cc3)c3ccc(Cl)cc3)CC2)nc2ccccc12. The second kappa shape index (κ2) is 12.2. The maximum Gasteiger partial charge on any atom is 0.232 e. The lowest BCUT2D eigenvalue weighted by Crippen LogP contribution is -2.36. The minimum absolute atomic E-state index is 0.0133. The van der Waals surface area contributed by atoms with Gasteiger partial charge < -0.3 is 15.5 Å². The van der Waals surface area contributed by atoms with Crippen LogP contribution in [0.5, 0.6) is 0 Å². The lowest BCUT2D eigenvalue weighted by molar-refractivity contribution is -0.121. The van der Waals surface area contributed by atoms with Crippen LogP contribution in [0.1, 0.15) is 42.7 Å². The summed E-state index contributed by atoms with van der Waals surface area (Å²) in [5, 5.41) is 9.13. The van der Waals surface area contributed by atoms with Crippen molar-refractivity contribution in [3.63, 3.8) is 0 Å². The van der Waals surface area contributed by atoms with E-state index in [2.05, 4.69) is 16.7 Å². The van der Waals surface area contributed by atoms with Gasteiger partial charge in [-0.15, -0.1) is 0 Å². The van der Waals surface area contributed by atoms with Crippen molar-refractivity contribution < 1.29 is 4.79 Å². The number of rotatable bonds is 8. The van der Waals surface area contributed by atoms with Crippen molar-refractivity contribution >= 4 is 51.8 Å². The van der Waals surface area contributed by atoms with Crippen LogP contribution in [0.2, 0.25) is 10.0 Å². The van der Waals surface area contributed by atoms with Crippen LogP contribution in [0.25, 0.3) is 10.9 Å². The van der Waals surface area contributed by atoms with Crippen LogP contribution in [0.15, 0.2) is 72.8 Å². The largest absolute Gasteiger partial charge is 0.362 e. The number of para-hydroxylation sites is 1. The van der Waals surface area contributed by atoms with Gasteiger partial charge in [0.05, 0.1) is 11.4 Å². The van der Waals surface area contributed by atoms with Gasteiger partial charge in [0.25, 0.3) is 0 Å². The van der Waals surface area contributed by atoms with E-state index in [1.807, 2.05) is 85.7 Å². The molecule has 0 unspecified atom stereocenters. The van der Waals surface area contributed by atoms with Crippen LogP contribution in [0.3, 0.4) is 0 Å². The van der Waals surface area contributed by atoms with Crippen molar-refractivity contribution in [1.82, 2.24) is 15.3 Å². The molecule has 202 valence electrons. The Labute approximate surface area is 239 Å². The Morgan fingerprint density at radius 1 is 0.872 bits per heavy atom. The molecule has 1 saturated carbocycles. The molecule has 1 heterocycles. The van der Waals surface area contributed by atoms with Crippen molar-refractivity contribution in [1.29, 1.82) is 0 Å². The third kappa shape index (κ3) is 6.63. The van der Waals surface area contributed by atoms with Gasteiger partial charge in [-0.2, -0.15) is 4.98 Å². The first-order valence-corrected chi connectivity index (χ1v) is 14.1. The van der Waals surface area contributed by atoms with Gasteiger partial charge >= 0.3 is 0 Å². The fourth-order valence-corrected chi connectivity index (χ4v) is 5.56. The molecule has 1 aromatic heterocycles. The second-order valence-electron chi connectivity index (χ2n) is 10.4. The van der Waals surface area contributed by atoms with Crippen LogP contribution < -0.4 is 15.5 Å². The van der Waals surface area contributed by atoms with Gasteiger partial charge in [0.2, 0.25) is 11.9 Å². The number of benzene rings is 3. The molecule has 8 heteroatoms. The van der Waals surface area contributed by atoms with E-state index in [9.17, 15) is 4.79 Å². The van der Waals surface area contributed by atoms with Crippen LogP contribution >= 0.6 is 23.2 Å². The van der Waals surface area contributed by atoms with E-state index in [0.717, 1.165) is 53.5 Å². The quantitative estimate of drug-likeness (QED) is 0.244. The molecule has 1 aliphatic rings. The molecule has 4 aromatic rings. The van der Waals surface area contributed by atoms with Crippen LogP contribution in [-0.2, 0) is 4.79 Å². The molecule has 1 fully saturated rings. The average molecular weight is 563 g/mol. The smallest absolute Gasteiger partial charge is 0.232 e.